The summed E-state index contributed by atoms with van der Waals surface area (Å²) >= 11 is 6.07. The fourth-order valence-corrected chi connectivity index (χ4v) is 5.92. The Labute approximate surface area is 228 Å². The number of unbranched alkanes of at least 4 members (excludes halogenated alkanes) is 1. The van der Waals surface area contributed by atoms with E-state index in [1.807, 2.05) is 38.1 Å². The molecule has 0 heterocycles. The number of rotatable bonds is 12. The number of ether oxygens (including phenoxy) is 3. The summed E-state index contributed by atoms with van der Waals surface area (Å²) in [7, 11) is -1.50. The lowest BCUT2D eigenvalue weighted by molar-refractivity contribution is -0.144. The minimum absolute atomic E-state index is 0.0104. The van der Waals surface area contributed by atoms with Crippen molar-refractivity contribution in [1.29, 1.82) is 0 Å². The molecule has 0 radical (unpaired) electrons. The first kappa shape index (κ1) is 29.1. The molecule has 8 nitrogen and oxygen atoms in total. The average Bonchev–Trinajstić information content (AvgIpc) is 2.89. The Morgan fingerprint density at radius 3 is 2.26 bits per heavy atom. The van der Waals surface area contributed by atoms with Gasteiger partial charge in [-0.1, -0.05) is 49.2 Å². The Hall–Kier alpha value is -3.43. The number of benzene rings is 3. The van der Waals surface area contributed by atoms with Crippen molar-refractivity contribution in [2.45, 2.75) is 44.6 Å². The van der Waals surface area contributed by atoms with Crippen molar-refractivity contribution in [1.82, 2.24) is 0 Å². The standard InChI is InChI=1S/C28H32ClNO7S/c1-6-7-17-30(23-10-8-9-22(18(23)2)20-11-13-21(29)14-12-20)38(33,34)25-16-15-24(37-19(3)28(31)32)26(35-4)27(25)36-5/h8-16,19H,6-7,17H2,1-5H3,(H,31,32). The molecule has 1 unspecified atom stereocenters. The van der Waals surface area contributed by atoms with Crippen LogP contribution in [0.3, 0.4) is 0 Å². The van der Waals surface area contributed by atoms with Gasteiger partial charge in [0.15, 0.2) is 17.6 Å². The maximum Gasteiger partial charge on any atom is 0.344 e. The van der Waals surface area contributed by atoms with Gasteiger partial charge in [0.25, 0.3) is 10.0 Å². The molecule has 0 spiro atoms. The van der Waals surface area contributed by atoms with Gasteiger partial charge in [0.1, 0.15) is 4.90 Å². The van der Waals surface area contributed by atoms with Crippen LogP contribution in [-0.2, 0) is 14.8 Å². The molecule has 38 heavy (non-hydrogen) atoms. The van der Waals surface area contributed by atoms with Crippen LogP contribution in [-0.4, -0.2) is 46.4 Å². The van der Waals surface area contributed by atoms with E-state index in [9.17, 15) is 18.3 Å². The molecule has 0 aliphatic rings. The second-order valence-electron chi connectivity index (χ2n) is 8.61. The number of halogens is 1. The first-order valence-electron chi connectivity index (χ1n) is 12.1. The van der Waals surface area contributed by atoms with Crippen LogP contribution in [0.15, 0.2) is 59.5 Å². The van der Waals surface area contributed by atoms with Crippen LogP contribution in [0.25, 0.3) is 11.1 Å². The lowest BCUT2D eigenvalue weighted by Crippen LogP contribution is -2.33. The third-order valence-electron chi connectivity index (χ3n) is 6.11. The first-order chi connectivity index (χ1) is 18.1. The molecule has 0 aliphatic heterocycles. The van der Waals surface area contributed by atoms with E-state index in [0.29, 0.717) is 17.1 Å². The number of methoxy groups -OCH3 is 2. The molecule has 1 atom stereocenters. The van der Waals surface area contributed by atoms with Crippen LogP contribution in [0.4, 0.5) is 5.69 Å². The van der Waals surface area contributed by atoms with Gasteiger partial charge in [0, 0.05) is 11.6 Å². The summed E-state index contributed by atoms with van der Waals surface area (Å²) in [5.41, 5.74) is 3.11. The summed E-state index contributed by atoms with van der Waals surface area (Å²) in [4.78, 5) is 11.2. The Morgan fingerprint density at radius 2 is 1.68 bits per heavy atom. The maximum absolute atomic E-state index is 14.2. The number of carboxylic acid groups (broad SMARTS) is 1. The van der Waals surface area contributed by atoms with E-state index in [2.05, 4.69) is 0 Å². The van der Waals surface area contributed by atoms with Gasteiger partial charge in [-0.15, -0.1) is 0 Å². The first-order valence-corrected chi connectivity index (χ1v) is 13.9. The van der Waals surface area contributed by atoms with Crippen molar-refractivity contribution in [2.24, 2.45) is 0 Å². The summed E-state index contributed by atoms with van der Waals surface area (Å²) < 4.78 is 46.2. The molecule has 3 rings (SSSR count). The molecule has 3 aromatic carbocycles. The molecule has 0 saturated heterocycles. The van der Waals surface area contributed by atoms with Gasteiger partial charge >= 0.3 is 5.97 Å². The number of hydrogen-bond donors (Lipinski definition) is 1. The number of sulfonamides is 1. The molecule has 10 heteroatoms. The predicted octanol–water partition coefficient (Wildman–Crippen LogP) is 6.18. The summed E-state index contributed by atoms with van der Waals surface area (Å²) in [6.07, 6.45) is 0.221. The lowest BCUT2D eigenvalue weighted by atomic mass is 9.99. The van der Waals surface area contributed by atoms with E-state index < -0.39 is 22.1 Å². The van der Waals surface area contributed by atoms with Gasteiger partial charge in [-0.05, 0) is 67.3 Å². The smallest absolute Gasteiger partial charge is 0.344 e. The van der Waals surface area contributed by atoms with Gasteiger partial charge in [0.2, 0.25) is 5.75 Å². The van der Waals surface area contributed by atoms with E-state index in [-0.39, 0.29) is 28.7 Å². The van der Waals surface area contributed by atoms with Crippen LogP contribution in [0.2, 0.25) is 5.02 Å². The third kappa shape index (κ3) is 6.00. The normalized spacial score (nSPS) is 12.1. The highest BCUT2D eigenvalue weighted by atomic mass is 35.5. The van der Waals surface area contributed by atoms with Crippen LogP contribution in [0, 0.1) is 6.92 Å². The minimum Gasteiger partial charge on any atom is -0.491 e. The average molecular weight is 562 g/mol. The zero-order valence-corrected chi connectivity index (χ0v) is 23.6. The molecule has 0 aliphatic carbocycles. The fourth-order valence-electron chi connectivity index (χ4n) is 4.08. The molecular weight excluding hydrogens is 530 g/mol. The largest absolute Gasteiger partial charge is 0.491 e. The van der Waals surface area contributed by atoms with Crippen LogP contribution >= 0.6 is 11.6 Å². The summed E-state index contributed by atoms with van der Waals surface area (Å²) in [6.45, 7) is 5.47. The highest BCUT2D eigenvalue weighted by Crippen LogP contribution is 2.44. The molecule has 0 fully saturated rings. The van der Waals surface area contributed by atoms with E-state index in [1.165, 1.54) is 37.6 Å². The van der Waals surface area contributed by atoms with E-state index in [0.717, 1.165) is 23.1 Å². The predicted molar refractivity (Wildman–Crippen MR) is 148 cm³/mol. The number of carbonyl (C=O) groups is 1. The van der Waals surface area contributed by atoms with Crippen molar-refractivity contribution >= 4 is 33.3 Å². The number of carboxylic acids is 1. The van der Waals surface area contributed by atoms with Crippen LogP contribution in [0.1, 0.15) is 32.3 Å². The van der Waals surface area contributed by atoms with E-state index >= 15 is 0 Å². The maximum atomic E-state index is 14.2. The van der Waals surface area contributed by atoms with Gasteiger partial charge in [0.05, 0.1) is 19.9 Å². The van der Waals surface area contributed by atoms with Crippen molar-refractivity contribution in [3.8, 4) is 28.4 Å². The molecular formula is C28H32ClNO7S. The van der Waals surface area contributed by atoms with Crippen molar-refractivity contribution in [2.75, 3.05) is 25.1 Å². The highest BCUT2D eigenvalue weighted by molar-refractivity contribution is 7.93. The summed E-state index contributed by atoms with van der Waals surface area (Å²) in [5, 5.41) is 9.85. The topological polar surface area (TPSA) is 102 Å². The molecule has 0 saturated carbocycles. The second kappa shape index (κ2) is 12.4. The van der Waals surface area contributed by atoms with Gasteiger partial charge in [-0.2, -0.15) is 0 Å². The molecule has 3 aromatic rings. The Balaban J connectivity index is 2.18. The molecule has 0 bridgehead atoms. The Bertz CT molecular complexity index is 1390. The van der Waals surface area contributed by atoms with Gasteiger partial charge < -0.3 is 19.3 Å². The summed E-state index contributed by atoms with van der Waals surface area (Å²) in [5.74, 6) is -1.21. The Morgan fingerprint density at radius 1 is 1.03 bits per heavy atom. The monoisotopic (exact) mass is 561 g/mol. The van der Waals surface area contributed by atoms with Crippen LogP contribution in [0.5, 0.6) is 17.2 Å². The Kier molecular flexibility index (Phi) is 9.51. The molecule has 1 N–H and O–H groups in total. The SMILES string of the molecule is CCCCN(c1cccc(-c2ccc(Cl)cc2)c1C)S(=O)(=O)c1ccc(OC(C)C(=O)O)c(OC)c1OC. The molecule has 0 amide bonds. The quantitative estimate of drug-likeness (QED) is 0.281. The molecule has 204 valence electrons. The van der Waals surface area contributed by atoms with Crippen molar-refractivity contribution in [3.63, 3.8) is 0 Å². The second-order valence-corrected chi connectivity index (χ2v) is 10.9. The fraction of sp³-hybridized carbons (Fsp3) is 0.321. The number of anilines is 1. The van der Waals surface area contributed by atoms with E-state index in [4.69, 9.17) is 25.8 Å². The zero-order valence-electron chi connectivity index (χ0n) is 22.0. The third-order valence-corrected chi connectivity index (χ3v) is 8.20. The number of hydrogen-bond acceptors (Lipinski definition) is 6. The number of nitrogens with zero attached hydrogens (tertiary/aromatic N) is 1. The van der Waals surface area contributed by atoms with Crippen LogP contribution < -0.4 is 18.5 Å². The highest BCUT2D eigenvalue weighted by Gasteiger charge is 2.33. The zero-order chi connectivity index (χ0) is 28.0. The van der Waals surface area contributed by atoms with Crippen molar-refractivity contribution in [3.05, 3.63) is 65.2 Å². The lowest BCUT2D eigenvalue weighted by Gasteiger charge is -2.28. The number of aliphatic carboxylic acids is 1. The molecule has 0 aromatic heterocycles. The van der Waals surface area contributed by atoms with Gasteiger partial charge in [-0.3, -0.25) is 4.31 Å². The van der Waals surface area contributed by atoms with Gasteiger partial charge in [-0.25, -0.2) is 13.2 Å². The van der Waals surface area contributed by atoms with E-state index in [1.54, 1.807) is 18.2 Å². The summed E-state index contributed by atoms with van der Waals surface area (Å²) in [6, 6.07) is 15.6. The minimum atomic E-state index is -4.16. The van der Waals surface area contributed by atoms with Crippen molar-refractivity contribution < 1.29 is 32.5 Å².